The number of rotatable bonds is 4. The molecule has 0 unspecified atom stereocenters. The molecule has 1 amide bonds. The van der Waals surface area contributed by atoms with Crippen LogP contribution in [0.3, 0.4) is 0 Å². The lowest BCUT2D eigenvalue weighted by atomic mass is 10.1. The Morgan fingerprint density at radius 2 is 2.00 bits per heavy atom. The molecule has 1 aliphatic rings. The van der Waals surface area contributed by atoms with Crippen LogP contribution < -0.4 is 10.8 Å². The lowest BCUT2D eigenvalue weighted by Gasteiger charge is -2.27. The van der Waals surface area contributed by atoms with Gasteiger partial charge in [0.15, 0.2) is 0 Å². The summed E-state index contributed by atoms with van der Waals surface area (Å²) >= 11 is 0. The molecule has 3 N–H and O–H groups in total. The maximum absolute atomic E-state index is 10.9. The molecule has 5 nitrogen and oxygen atoms in total. The number of nitrogens with zero attached hydrogens (tertiary/aromatic N) is 1. The predicted octanol–water partition coefficient (Wildman–Crippen LogP) is 0.610. The molecule has 0 bridgehead atoms. The molecule has 2 rings (SSSR count). The number of hydroxylamine groups is 1. The normalized spacial score (nSPS) is 16.7. The van der Waals surface area contributed by atoms with Gasteiger partial charge >= 0.3 is 0 Å². The molecule has 1 aromatic rings. The summed E-state index contributed by atoms with van der Waals surface area (Å²) in [4.78, 5) is 13.3. The minimum Gasteiger partial charge on any atom is -0.314 e. The molecule has 19 heavy (non-hydrogen) atoms. The molecule has 0 spiro atoms. The van der Waals surface area contributed by atoms with E-state index in [0.29, 0.717) is 0 Å². The van der Waals surface area contributed by atoms with E-state index in [1.54, 1.807) is 11.6 Å². The van der Waals surface area contributed by atoms with Crippen LogP contribution in [0.2, 0.25) is 0 Å². The van der Waals surface area contributed by atoms with E-state index in [1.165, 1.54) is 11.6 Å². The van der Waals surface area contributed by atoms with Gasteiger partial charge in [0.1, 0.15) is 0 Å². The van der Waals surface area contributed by atoms with E-state index in [1.807, 2.05) is 12.1 Å². The Bertz CT molecular complexity index is 437. The van der Waals surface area contributed by atoms with Crippen LogP contribution >= 0.6 is 0 Å². The van der Waals surface area contributed by atoms with Crippen molar-refractivity contribution in [2.75, 3.05) is 26.2 Å². The lowest BCUT2D eigenvalue weighted by molar-refractivity contribution is -0.124. The average molecular weight is 261 g/mol. The molecule has 1 fully saturated rings. The fourth-order valence-electron chi connectivity index (χ4n) is 2.07. The number of amides is 1. The summed E-state index contributed by atoms with van der Waals surface area (Å²) in [7, 11) is 0. The Kier molecular flexibility index (Phi) is 5.09. The fourth-order valence-corrected chi connectivity index (χ4v) is 2.07. The van der Waals surface area contributed by atoms with Gasteiger partial charge in [0.2, 0.25) is 0 Å². The molecule has 1 saturated heterocycles. The van der Waals surface area contributed by atoms with E-state index in [0.717, 1.165) is 38.3 Å². The van der Waals surface area contributed by atoms with E-state index in [2.05, 4.69) is 22.3 Å². The maximum atomic E-state index is 10.9. The van der Waals surface area contributed by atoms with Crippen LogP contribution in [-0.2, 0) is 11.3 Å². The predicted molar refractivity (Wildman–Crippen MR) is 73.6 cm³/mol. The van der Waals surface area contributed by atoms with E-state index in [4.69, 9.17) is 5.21 Å². The minimum atomic E-state index is -0.523. The molecule has 102 valence electrons. The Labute approximate surface area is 112 Å². The third-order valence-electron chi connectivity index (χ3n) is 3.13. The van der Waals surface area contributed by atoms with Gasteiger partial charge in [-0.3, -0.25) is 14.9 Å². The van der Waals surface area contributed by atoms with E-state index < -0.39 is 5.91 Å². The smallest absolute Gasteiger partial charge is 0.267 e. The van der Waals surface area contributed by atoms with Crippen LogP contribution in [0.4, 0.5) is 0 Å². The molecule has 0 radical (unpaired) electrons. The number of carbonyl (C=O) groups excluding carboxylic acids is 1. The first-order chi connectivity index (χ1) is 9.28. The molecule has 0 aliphatic carbocycles. The first kappa shape index (κ1) is 13.7. The number of hydrogen-bond acceptors (Lipinski definition) is 4. The SMILES string of the molecule is O=C(C=Cc1ccc(CN2CCNCC2)cc1)NO. The van der Waals surface area contributed by atoms with Gasteiger partial charge in [0, 0.05) is 38.8 Å². The lowest BCUT2D eigenvalue weighted by Crippen LogP contribution is -2.42. The zero-order chi connectivity index (χ0) is 13.5. The van der Waals surface area contributed by atoms with Crippen molar-refractivity contribution in [3.8, 4) is 0 Å². The van der Waals surface area contributed by atoms with Crippen molar-refractivity contribution < 1.29 is 10.0 Å². The topological polar surface area (TPSA) is 64.6 Å². The van der Waals surface area contributed by atoms with Crippen molar-refractivity contribution in [1.29, 1.82) is 0 Å². The quantitative estimate of drug-likeness (QED) is 0.422. The molecule has 1 aliphatic heterocycles. The van der Waals surface area contributed by atoms with Gasteiger partial charge in [-0.2, -0.15) is 0 Å². The van der Waals surface area contributed by atoms with Gasteiger partial charge in [-0.1, -0.05) is 24.3 Å². The van der Waals surface area contributed by atoms with E-state index >= 15 is 0 Å². The monoisotopic (exact) mass is 261 g/mol. The Hall–Kier alpha value is -1.69. The third kappa shape index (κ3) is 4.48. The number of benzene rings is 1. The molecule has 1 aromatic carbocycles. The second-order valence-corrected chi connectivity index (χ2v) is 4.58. The highest BCUT2D eigenvalue weighted by atomic mass is 16.5. The highest BCUT2D eigenvalue weighted by molar-refractivity contribution is 5.90. The van der Waals surface area contributed by atoms with Gasteiger partial charge in [-0.25, -0.2) is 5.48 Å². The molecule has 5 heteroatoms. The first-order valence-corrected chi connectivity index (χ1v) is 6.42. The highest BCUT2D eigenvalue weighted by Crippen LogP contribution is 2.09. The summed E-state index contributed by atoms with van der Waals surface area (Å²) in [5.41, 5.74) is 3.77. The van der Waals surface area contributed by atoms with Crippen LogP contribution in [0.5, 0.6) is 0 Å². The van der Waals surface area contributed by atoms with Crippen molar-refractivity contribution in [3.05, 3.63) is 41.5 Å². The zero-order valence-corrected chi connectivity index (χ0v) is 10.8. The van der Waals surface area contributed by atoms with E-state index in [-0.39, 0.29) is 0 Å². The second-order valence-electron chi connectivity index (χ2n) is 4.58. The fraction of sp³-hybridized carbons (Fsp3) is 0.357. The van der Waals surface area contributed by atoms with Crippen molar-refractivity contribution in [3.63, 3.8) is 0 Å². The van der Waals surface area contributed by atoms with Crippen LogP contribution in [0, 0.1) is 0 Å². The average Bonchev–Trinajstić information content (AvgIpc) is 2.47. The maximum Gasteiger partial charge on any atom is 0.267 e. The summed E-state index contributed by atoms with van der Waals surface area (Å²) in [6.07, 6.45) is 2.96. The summed E-state index contributed by atoms with van der Waals surface area (Å²) in [5.74, 6) is -0.523. The van der Waals surface area contributed by atoms with Gasteiger partial charge in [0.25, 0.3) is 5.91 Å². The number of nitrogens with one attached hydrogen (secondary N) is 2. The zero-order valence-electron chi connectivity index (χ0n) is 10.8. The largest absolute Gasteiger partial charge is 0.314 e. The number of carbonyl (C=O) groups is 1. The van der Waals surface area contributed by atoms with Crippen molar-refractivity contribution in [2.24, 2.45) is 0 Å². The van der Waals surface area contributed by atoms with Crippen LogP contribution in [0.1, 0.15) is 11.1 Å². The Morgan fingerprint density at radius 3 is 2.63 bits per heavy atom. The second kappa shape index (κ2) is 7.04. The van der Waals surface area contributed by atoms with Gasteiger partial charge < -0.3 is 5.32 Å². The van der Waals surface area contributed by atoms with Gasteiger partial charge in [-0.15, -0.1) is 0 Å². The summed E-state index contributed by atoms with van der Waals surface area (Å²) in [6, 6.07) is 8.08. The number of piperazine rings is 1. The summed E-state index contributed by atoms with van der Waals surface area (Å²) in [6.45, 7) is 5.23. The Morgan fingerprint density at radius 1 is 1.32 bits per heavy atom. The standard InChI is InChI=1S/C14H19N3O2/c18-14(16-19)6-5-12-1-3-13(4-2-12)11-17-9-7-15-8-10-17/h1-6,15,19H,7-11H2,(H,16,18). The molecule has 0 aromatic heterocycles. The third-order valence-corrected chi connectivity index (χ3v) is 3.13. The molecular weight excluding hydrogens is 242 g/mol. The molecule has 1 heterocycles. The van der Waals surface area contributed by atoms with Crippen LogP contribution in [-0.4, -0.2) is 42.2 Å². The van der Waals surface area contributed by atoms with Gasteiger partial charge in [-0.05, 0) is 17.2 Å². The Balaban J connectivity index is 1.90. The van der Waals surface area contributed by atoms with Crippen LogP contribution in [0.25, 0.3) is 6.08 Å². The molecule has 0 atom stereocenters. The van der Waals surface area contributed by atoms with Crippen molar-refractivity contribution >= 4 is 12.0 Å². The van der Waals surface area contributed by atoms with Crippen molar-refractivity contribution in [2.45, 2.75) is 6.54 Å². The first-order valence-electron chi connectivity index (χ1n) is 6.42. The van der Waals surface area contributed by atoms with Crippen LogP contribution in [0.15, 0.2) is 30.3 Å². The minimum absolute atomic E-state index is 0.523. The van der Waals surface area contributed by atoms with E-state index in [9.17, 15) is 4.79 Å². The number of hydrogen-bond donors (Lipinski definition) is 3. The molecular formula is C14H19N3O2. The van der Waals surface area contributed by atoms with Crippen molar-refractivity contribution in [1.82, 2.24) is 15.7 Å². The summed E-state index contributed by atoms with van der Waals surface area (Å²) in [5, 5.41) is 11.7. The summed E-state index contributed by atoms with van der Waals surface area (Å²) < 4.78 is 0. The highest BCUT2D eigenvalue weighted by Gasteiger charge is 2.09. The van der Waals surface area contributed by atoms with Gasteiger partial charge in [0.05, 0.1) is 0 Å². The molecule has 0 saturated carbocycles.